The first kappa shape index (κ1) is 16.2. The minimum absolute atomic E-state index is 0.0244. The Morgan fingerprint density at radius 3 is 3.00 bits per heavy atom. The van der Waals surface area contributed by atoms with Crippen LogP contribution >= 0.6 is 23.4 Å². The van der Waals surface area contributed by atoms with Crippen LogP contribution in [-0.2, 0) is 4.79 Å². The molecule has 1 heterocycles. The summed E-state index contributed by atoms with van der Waals surface area (Å²) in [5.41, 5.74) is 1.35. The van der Waals surface area contributed by atoms with Crippen LogP contribution < -0.4 is 10.1 Å². The summed E-state index contributed by atoms with van der Waals surface area (Å²) < 4.78 is 5.56. The maximum Gasteiger partial charge on any atom is 0.250 e. The number of halogens is 1. The second-order valence-corrected chi connectivity index (χ2v) is 6.37. The van der Waals surface area contributed by atoms with Crippen LogP contribution in [0.2, 0.25) is 5.02 Å². The smallest absolute Gasteiger partial charge is 0.250 e. The third-order valence-electron chi connectivity index (χ3n) is 3.38. The first-order valence-electron chi connectivity index (χ1n) is 6.62. The molecule has 2 atom stereocenters. The molecular weight excluding hydrogens is 310 g/mol. The normalized spacial score (nSPS) is 16.3. The summed E-state index contributed by atoms with van der Waals surface area (Å²) in [7, 11) is 0. The Kier molecular flexibility index (Phi) is 5.56. The standard InChI is InChI=1S/C15H18ClNO3S/c1-9(14(7-18)21-2)17-15(19)11-5-10-6-12(16)3-4-13(10)20-8-11/h3-6,9,14,18H,7-8H2,1-2H3,(H,17,19). The molecule has 0 saturated carbocycles. The Hall–Kier alpha value is -1.17. The van der Waals surface area contributed by atoms with Gasteiger partial charge >= 0.3 is 0 Å². The number of benzene rings is 1. The first-order valence-corrected chi connectivity index (χ1v) is 8.29. The molecule has 0 spiro atoms. The third kappa shape index (κ3) is 3.93. The Balaban J connectivity index is 2.10. The van der Waals surface area contributed by atoms with Crippen LogP contribution in [0.25, 0.3) is 6.08 Å². The number of fused-ring (bicyclic) bond motifs is 1. The Labute approximate surface area is 133 Å². The van der Waals surface area contributed by atoms with Crippen molar-refractivity contribution in [3.8, 4) is 5.75 Å². The van der Waals surface area contributed by atoms with Crippen molar-refractivity contribution in [3.05, 3.63) is 34.4 Å². The largest absolute Gasteiger partial charge is 0.488 e. The highest BCUT2D eigenvalue weighted by atomic mass is 35.5. The van der Waals surface area contributed by atoms with Gasteiger partial charge in [-0.25, -0.2) is 0 Å². The SMILES string of the molecule is CSC(CO)C(C)NC(=O)C1=Cc2cc(Cl)ccc2OC1. The molecule has 6 heteroatoms. The van der Waals surface area contributed by atoms with Crippen molar-refractivity contribution in [1.82, 2.24) is 5.32 Å². The van der Waals surface area contributed by atoms with Gasteiger partial charge in [0, 0.05) is 21.9 Å². The molecule has 1 aliphatic heterocycles. The molecule has 0 aromatic heterocycles. The van der Waals surface area contributed by atoms with Crippen molar-refractivity contribution in [3.63, 3.8) is 0 Å². The summed E-state index contributed by atoms with van der Waals surface area (Å²) in [5, 5.41) is 12.7. The van der Waals surface area contributed by atoms with Crippen LogP contribution in [0.5, 0.6) is 5.75 Å². The topological polar surface area (TPSA) is 58.6 Å². The van der Waals surface area contributed by atoms with Crippen LogP contribution in [-0.4, -0.2) is 41.8 Å². The average molecular weight is 328 g/mol. The van der Waals surface area contributed by atoms with Gasteiger partial charge in [0.15, 0.2) is 0 Å². The molecule has 1 amide bonds. The quantitative estimate of drug-likeness (QED) is 0.871. The summed E-state index contributed by atoms with van der Waals surface area (Å²) in [5.74, 6) is 0.543. The minimum atomic E-state index is -0.180. The molecule has 0 radical (unpaired) electrons. The van der Waals surface area contributed by atoms with Crippen LogP contribution in [0.1, 0.15) is 12.5 Å². The molecule has 0 aliphatic carbocycles. The molecule has 2 rings (SSSR count). The van der Waals surface area contributed by atoms with Crippen molar-refractivity contribution in [1.29, 1.82) is 0 Å². The number of carbonyl (C=O) groups excluding carboxylic acids is 1. The molecule has 0 saturated heterocycles. The predicted octanol–water partition coefficient (Wildman–Crippen LogP) is 2.34. The van der Waals surface area contributed by atoms with E-state index in [9.17, 15) is 9.90 Å². The van der Waals surface area contributed by atoms with Crippen LogP contribution in [0, 0.1) is 0 Å². The zero-order valence-corrected chi connectivity index (χ0v) is 13.5. The molecule has 1 aromatic carbocycles. The fourth-order valence-electron chi connectivity index (χ4n) is 2.11. The zero-order valence-electron chi connectivity index (χ0n) is 11.9. The van der Waals surface area contributed by atoms with E-state index in [0.29, 0.717) is 10.6 Å². The van der Waals surface area contributed by atoms with Gasteiger partial charge in [-0.1, -0.05) is 11.6 Å². The van der Waals surface area contributed by atoms with Gasteiger partial charge in [0.25, 0.3) is 5.91 Å². The number of hydrogen-bond acceptors (Lipinski definition) is 4. The second-order valence-electron chi connectivity index (χ2n) is 4.86. The van der Waals surface area contributed by atoms with E-state index in [1.807, 2.05) is 13.2 Å². The van der Waals surface area contributed by atoms with Crippen LogP contribution in [0.4, 0.5) is 0 Å². The van der Waals surface area contributed by atoms with E-state index in [4.69, 9.17) is 16.3 Å². The maximum absolute atomic E-state index is 12.3. The molecule has 1 aliphatic rings. The molecule has 2 N–H and O–H groups in total. The molecule has 114 valence electrons. The monoisotopic (exact) mass is 327 g/mol. The fraction of sp³-hybridized carbons (Fsp3) is 0.400. The summed E-state index contributed by atoms with van der Waals surface area (Å²) in [6, 6.07) is 5.19. The van der Waals surface area contributed by atoms with Crippen LogP contribution in [0.15, 0.2) is 23.8 Å². The molecule has 21 heavy (non-hydrogen) atoms. The lowest BCUT2D eigenvalue weighted by Crippen LogP contribution is -2.42. The first-order chi connectivity index (χ1) is 10.0. The lowest BCUT2D eigenvalue weighted by Gasteiger charge is -2.23. The predicted molar refractivity (Wildman–Crippen MR) is 86.9 cm³/mol. The van der Waals surface area contributed by atoms with E-state index < -0.39 is 0 Å². The van der Waals surface area contributed by atoms with Gasteiger partial charge in [0.1, 0.15) is 12.4 Å². The number of rotatable bonds is 5. The Bertz CT molecular complexity index is 558. The molecule has 0 fully saturated rings. The third-order valence-corrected chi connectivity index (χ3v) is 4.77. The maximum atomic E-state index is 12.3. The minimum Gasteiger partial charge on any atom is -0.488 e. The van der Waals surface area contributed by atoms with Gasteiger partial charge in [-0.3, -0.25) is 4.79 Å². The Morgan fingerprint density at radius 1 is 1.57 bits per heavy atom. The molecule has 2 unspecified atom stereocenters. The highest BCUT2D eigenvalue weighted by Gasteiger charge is 2.22. The van der Waals surface area contributed by atoms with E-state index in [1.165, 1.54) is 11.8 Å². The van der Waals surface area contributed by atoms with Crippen molar-refractivity contribution >= 4 is 35.3 Å². The number of nitrogens with one attached hydrogen (secondary N) is 1. The lowest BCUT2D eigenvalue weighted by atomic mass is 10.1. The molecule has 1 aromatic rings. The number of aliphatic hydroxyl groups is 1. The molecular formula is C15H18ClNO3S. The zero-order chi connectivity index (χ0) is 15.4. The summed E-state index contributed by atoms with van der Waals surface area (Å²) in [6.07, 6.45) is 3.70. The van der Waals surface area contributed by atoms with Gasteiger partial charge < -0.3 is 15.2 Å². The molecule has 4 nitrogen and oxygen atoms in total. The van der Waals surface area contributed by atoms with Gasteiger partial charge in [-0.2, -0.15) is 11.8 Å². The summed E-state index contributed by atoms with van der Waals surface area (Å²) in [4.78, 5) is 12.3. The van der Waals surface area contributed by atoms with Crippen molar-refractivity contribution in [2.75, 3.05) is 19.5 Å². The van der Waals surface area contributed by atoms with Gasteiger partial charge in [-0.05, 0) is 37.5 Å². The Morgan fingerprint density at radius 2 is 2.33 bits per heavy atom. The van der Waals surface area contributed by atoms with E-state index >= 15 is 0 Å². The number of carbonyl (C=O) groups is 1. The number of ether oxygens (including phenoxy) is 1. The van der Waals surface area contributed by atoms with E-state index in [1.54, 1.807) is 24.3 Å². The number of aliphatic hydroxyl groups excluding tert-OH is 1. The van der Waals surface area contributed by atoms with Gasteiger partial charge in [-0.15, -0.1) is 0 Å². The van der Waals surface area contributed by atoms with Crippen molar-refractivity contribution in [2.24, 2.45) is 0 Å². The number of amides is 1. The van der Waals surface area contributed by atoms with E-state index in [0.717, 1.165) is 11.3 Å². The highest BCUT2D eigenvalue weighted by Crippen LogP contribution is 2.29. The lowest BCUT2D eigenvalue weighted by molar-refractivity contribution is -0.118. The highest BCUT2D eigenvalue weighted by molar-refractivity contribution is 7.99. The fourth-order valence-corrected chi connectivity index (χ4v) is 2.91. The second kappa shape index (κ2) is 7.20. The van der Waals surface area contributed by atoms with Gasteiger partial charge in [0.05, 0.1) is 12.2 Å². The van der Waals surface area contributed by atoms with Crippen LogP contribution in [0.3, 0.4) is 0 Å². The van der Waals surface area contributed by atoms with E-state index in [-0.39, 0.29) is 30.4 Å². The summed E-state index contributed by atoms with van der Waals surface area (Å²) in [6.45, 7) is 2.14. The van der Waals surface area contributed by atoms with Crippen molar-refractivity contribution < 1.29 is 14.6 Å². The van der Waals surface area contributed by atoms with Crippen molar-refractivity contribution in [2.45, 2.75) is 18.2 Å². The average Bonchev–Trinajstić information content (AvgIpc) is 2.47. The number of hydrogen-bond donors (Lipinski definition) is 2. The summed E-state index contributed by atoms with van der Waals surface area (Å²) >= 11 is 7.48. The number of thioether (sulfide) groups is 1. The van der Waals surface area contributed by atoms with E-state index in [2.05, 4.69) is 5.32 Å². The van der Waals surface area contributed by atoms with Gasteiger partial charge in [0.2, 0.25) is 0 Å². The molecule has 0 bridgehead atoms.